The summed E-state index contributed by atoms with van der Waals surface area (Å²) in [5, 5.41) is 0. The first-order valence-corrected chi connectivity index (χ1v) is 4.71. The molecule has 1 nitrogen and oxygen atoms in total. The second kappa shape index (κ2) is 2.83. The summed E-state index contributed by atoms with van der Waals surface area (Å²) < 4.78 is 0. The maximum absolute atomic E-state index is 4.16. The first-order chi connectivity index (χ1) is 6.95. The van der Waals surface area contributed by atoms with Crippen LogP contribution in [0.3, 0.4) is 0 Å². The molecule has 0 N–H and O–H groups in total. The minimum absolute atomic E-state index is 1.01. The van der Waals surface area contributed by atoms with Crippen molar-refractivity contribution < 1.29 is 0 Å². The quantitative estimate of drug-likeness (QED) is 0.543. The van der Waals surface area contributed by atoms with E-state index < -0.39 is 0 Å². The first-order valence-electron chi connectivity index (χ1n) is 4.71. The van der Waals surface area contributed by atoms with Gasteiger partial charge in [-0.25, -0.2) is 0 Å². The van der Waals surface area contributed by atoms with Crippen LogP contribution in [-0.4, -0.2) is 6.21 Å². The number of aliphatic imine (C=N–C) groups is 1. The molecule has 0 saturated heterocycles. The highest BCUT2D eigenvalue weighted by Gasteiger charge is 2.18. The highest BCUT2D eigenvalue weighted by Crippen LogP contribution is 2.32. The number of rotatable bonds is 0. The predicted octanol–water partition coefficient (Wildman–Crippen LogP) is 2.75. The zero-order valence-electron chi connectivity index (χ0n) is 7.70. The summed E-state index contributed by atoms with van der Waals surface area (Å²) in [5.41, 5.74) is 8.33. The van der Waals surface area contributed by atoms with Crippen LogP contribution in [0.25, 0.3) is 5.57 Å². The monoisotopic (exact) mass is 179 g/mol. The minimum Gasteiger partial charge on any atom is -0.256 e. The van der Waals surface area contributed by atoms with E-state index in [2.05, 4.69) is 35.0 Å². The van der Waals surface area contributed by atoms with Gasteiger partial charge in [0.15, 0.2) is 0 Å². The molecule has 2 aliphatic rings. The summed E-state index contributed by atoms with van der Waals surface area (Å²) in [5.74, 6) is 0. The molecule has 0 atom stereocenters. The second-order valence-electron chi connectivity index (χ2n) is 3.49. The van der Waals surface area contributed by atoms with Gasteiger partial charge in [0.25, 0.3) is 0 Å². The molecule has 1 aromatic rings. The Kier molecular flexibility index (Phi) is 1.52. The SMILES string of the molecule is C1=CN=CC2=C(C=1)Cc1ccccc12. The van der Waals surface area contributed by atoms with Crippen LogP contribution >= 0.6 is 0 Å². The van der Waals surface area contributed by atoms with Crippen LogP contribution < -0.4 is 0 Å². The second-order valence-corrected chi connectivity index (χ2v) is 3.49. The van der Waals surface area contributed by atoms with Gasteiger partial charge in [-0.15, -0.1) is 5.73 Å². The van der Waals surface area contributed by atoms with E-state index in [1.54, 1.807) is 6.20 Å². The summed E-state index contributed by atoms with van der Waals surface area (Å²) in [4.78, 5) is 4.16. The molecule has 0 saturated carbocycles. The Bertz CT molecular complexity index is 512. The Morgan fingerprint density at radius 3 is 3.14 bits per heavy atom. The molecule has 0 bridgehead atoms. The predicted molar refractivity (Wildman–Crippen MR) is 58.2 cm³/mol. The summed E-state index contributed by atoms with van der Waals surface area (Å²) >= 11 is 0. The van der Waals surface area contributed by atoms with E-state index in [4.69, 9.17) is 0 Å². The molecule has 0 aromatic heterocycles. The van der Waals surface area contributed by atoms with Crippen LogP contribution in [0.15, 0.2) is 52.8 Å². The van der Waals surface area contributed by atoms with Crippen molar-refractivity contribution in [2.24, 2.45) is 4.99 Å². The lowest BCUT2D eigenvalue weighted by Crippen LogP contribution is -1.83. The maximum atomic E-state index is 4.16. The van der Waals surface area contributed by atoms with Gasteiger partial charge in [0.1, 0.15) is 0 Å². The third-order valence-electron chi connectivity index (χ3n) is 2.64. The number of allylic oxidation sites excluding steroid dienone is 3. The van der Waals surface area contributed by atoms with Crippen molar-refractivity contribution in [3.63, 3.8) is 0 Å². The zero-order valence-corrected chi connectivity index (χ0v) is 7.70. The highest BCUT2D eigenvalue weighted by atomic mass is 14.7. The summed E-state index contributed by atoms with van der Waals surface area (Å²) in [6, 6.07) is 8.49. The topological polar surface area (TPSA) is 12.4 Å². The molecule has 0 unspecified atom stereocenters. The van der Waals surface area contributed by atoms with Crippen molar-refractivity contribution in [1.29, 1.82) is 0 Å². The molecule has 66 valence electrons. The Morgan fingerprint density at radius 1 is 1.21 bits per heavy atom. The zero-order chi connectivity index (χ0) is 9.38. The number of fused-ring (bicyclic) bond motifs is 2. The van der Waals surface area contributed by atoms with Crippen LogP contribution in [0.4, 0.5) is 0 Å². The maximum Gasteiger partial charge on any atom is 0.0686 e. The third kappa shape index (κ3) is 1.00. The lowest BCUT2D eigenvalue weighted by atomic mass is 10.1. The van der Waals surface area contributed by atoms with E-state index in [1.807, 2.05) is 12.3 Å². The standard InChI is InChI=1S/C13H9N/c1-2-6-12-10(4-1)8-11-5-3-7-14-9-13(11)12/h1-2,4-7,9H,8H2. The van der Waals surface area contributed by atoms with Gasteiger partial charge in [0.05, 0.1) is 6.20 Å². The van der Waals surface area contributed by atoms with Gasteiger partial charge in [-0.3, -0.25) is 4.99 Å². The van der Waals surface area contributed by atoms with Gasteiger partial charge < -0.3 is 0 Å². The van der Waals surface area contributed by atoms with Crippen molar-refractivity contribution in [3.05, 3.63) is 59.0 Å². The van der Waals surface area contributed by atoms with Crippen LogP contribution in [-0.2, 0) is 6.42 Å². The summed E-state index contributed by atoms with van der Waals surface area (Å²) in [6.45, 7) is 0. The molecule has 0 amide bonds. The van der Waals surface area contributed by atoms with Crippen molar-refractivity contribution in [1.82, 2.24) is 0 Å². The molecule has 0 radical (unpaired) electrons. The molecule has 0 spiro atoms. The van der Waals surface area contributed by atoms with Crippen molar-refractivity contribution >= 4 is 11.8 Å². The fourth-order valence-corrected chi connectivity index (χ4v) is 1.98. The third-order valence-corrected chi connectivity index (χ3v) is 2.64. The highest BCUT2D eigenvalue weighted by molar-refractivity contribution is 6.14. The fourth-order valence-electron chi connectivity index (χ4n) is 1.98. The number of hydrogen-bond donors (Lipinski definition) is 0. The Morgan fingerprint density at radius 2 is 2.14 bits per heavy atom. The van der Waals surface area contributed by atoms with Gasteiger partial charge in [-0.2, -0.15) is 0 Å². The van der Waals surface area contributed by atoms with E-state index in [0.717, 1.165) is 6.42 Å². The molecular weight excluding hydrogens is 170 g/mol. The average Bonchev–Trinajstić information content (AvgIpc) is 2.42. The van der Waals surface area contributed by atoms with Crippen molar-refractivity contribution in [2.75, 3.05) is 0 Å². The molecule has 1 heteroatoms. The lowest BCUT2D eigenvalue weighted by Gasteiger charge is -1.98. The number of hydrogen-bond acceptors (Lipinski definition) is 1. The van der Waals surface area contributed by atoms with Crippen molar-refractivity contribution in [2.45, 2.75) is 6.42 Å². The smallest absolute Gasteiger partial charge is 0.0686 e. The fraction of sp³-hybridized carbons (Fsp3) is 0.0769. The van der Waals surface area contributed by atoms with E-state index >= 15 is 0 Å². The molecule has 0 fully saturated rings. The van der Waals surface area contributed by atoms with E-state index in [0.29, 0.717) is 0 Å². The van der Waals surface area contributed by atoms with Gasteiger partial charge >= 0.3 is 0 Å². The van der Waals surface area contributed by atoms with Crippen LogP contribution in [0.1, 0.15) is 11.1 Å². The number of nitrogens with zero attached hydrogens (tertiary/aromatic N) is 1. The van der Waals surface area contributed by atoms with Crippen LogP contribution in [0.5, 0.6) is 0 Å². The summed E-state index contributed by atoms with van der Waals surface area (Å²) in [7, 11) is 0. The largest absolute Gasteiger partial charge is 0.256 e. The normalized spacial score (nSPS) is 16.9. The molecule has 1 heterocycles. The Labute approximate surface area is 82.8 Å². The molecule has 14 heavy (non-hydrogen) atoms. The molecule has 1 aromatic carbocycles. The Balaban J connectivity index is 2.23. The van der Waals surface area contributed by atoms with E-state index in [9.17, 15) is 0 Å². The summed E-state index contributed by atoms with van der Waals surface area (Å²) in [6.07, 6.45) is 6.68. The van der Waals surface area contributed by atoms with Crippen LogP contribution in [0.2, 0.25) is 0 Å². The van der Waals surface area contributed by atoms with Crippen molar-refractivity contribution in [3.8, 4) is 0 Å². The van der Waals surface area contributed by atoms with E-state index in [-0.39, 0.29) is 0 Å². The van der Waals surface area contributed by atoms with Gasteiger partial charge in [-0.1, -0.05) is 24.3 Å². The van der Waals surface area contributed by atoms with Gasteiger partial charge in [-0.05, 0) is 29.2 Å². The lowest BCUT2D eigenvalue weighted by molar-refractivity contribution is 1.25. The number of benzene rings is 1. The van der Waals surface area contributed by atoms with Gasteiger partial charge in [0, 0.05) is 11.8 Å². The van der Waals surface area contributed by atoms with Crippen LogP contribution in [0, 0.1) is 0 Å². The first kappa shape index (κ1) is 7.54. The minimum atomic E-state index is 1.01. The van der Waals surface area contributed by atoms with Gasteiger partial charge in [0.2, 0.25) is 0 Å². The van der Waals surface area contributed by atoms with E-state index in [1.165, 1.54) is 22.3 Å². The molecule has 1 aliphatic heterocycles. The Hall–Kier alpha value is -1.85. The molecule has 1 aliphatic carbocycles. The molecule has 3 rings (SSSR count). The average molecular weight is 179 g/mol. The molecular formula is C13H9N.